The van der Waals surface area contributed by atoms with E-state index in [1.165, 1.54) is 6.07 Å². The Bertz CT molecular complexity index is 712. The van der Waals surface area contributed by atoms with Crippen molar-refractivity contribution in [2.24, 2.45) is 7.05 Å². The molecule has 1 heterocycles. The third-order valence-corrected chi connectivity index (χ3v) is 4.24. The van der Waals surface area contributed by atoms with Gasteiger partial charge in [0.1, 0.15) is 16.5 Å². The standard InChI is InChI=1S/C12H14FN3O3S/c1-16-5-4-14-12(16)7-15-20(18,19)11-3-2-9(8-17)6-10(11)13/h2-6,15,17H,7-8H2,1H3. The van der Waals surface area contributed by atoms with Gasteiger partial charge < -0.3 is 9.67 Å². The van der Waals surface area contributed by atoms with Gasteiger partial charge in [-0.2, -0.15) is 0 Å². The van der Waals surface area contributed by atoms with Gasteiger partial charge >= 0.3 is 0 Å². The minimum Gasteiger partial charge on any atom is -0.392 e. The van der Waals surface area contributed by atoms with Crippen LogP contribution < -0.4 is 4.72 Å². The van der Waals surface area contributed by atoms with Crippen molar-refractivity contribution >= 4 is 10.0 Å². The number of hydrogen-bond acceptors (Lipinski definition) is 4. The topological polar surface area (TPSA) is 84.2 Å². The number of nitrogens with zero attached hydrogens (tertiary/aromatic N) is 2. The predicted octanol–water partition coefficient (Wildman–Crippen LogP) is 0.530. The molecule has 0 bridgehead atoms. The first-order valence-electron chi connectivity index (χ1n) is 5.79. The lowest BCUT2D eigenvalue weighted by Gasteiger charge is -2.08. The lowest BCUT2D eigenvalue weighted by atomic mass is 10.2. The number of aliphatic hydroxyl groups excluding tert-OH is 1. The van der Waals surface area contributed by atoms with E-state index in [1.54, 1.807) is 24.0 Å². The van der Waals surface area contributed by atoms with Gasteiger partial charge in [-0.05, 0) is 17.7 Å². The van der Waals surface area contributed by atoms with Crippen molar-refractivity contribution in [1.82, 2.24) is 14.3 Å². The van der Waals surface area contributed by atoms with Gasteiger partial charge in [-0.15, -0.1) is 0 Å². The Kier molecular flexibility index (Phi) is 4.17. The fourth-order valence-corrected chi connectivity index (χ4v) is 2.70. The van der Waals surface area contributed by atoms with E-state index in [2.05, 4.69) is 9.71 Å². The van der Waals surface area contributed by atoms with Crippen LogP contribution in [0.5, 0.6) is 0 Å². The zero-order valence-corrected chi connectivity index (χ0v) is 11.6. The molecule has 0 saturated heterocycles. The van der Waals surface area contributed by atoms with E-state index in [0.29, 0.717) is 11.4 Å². The predicted molar refractivity (Wildman–Crippen MR) is 69.6 cm³/mol. The summed E-state index contributed by atoms with van der Waals surface area (Å²) in [4.78, 5) is 3.52. The monoisotopic (exact) mass is 299 g/mol. The Morgan fingerprint density at radius 3 is 2.75 bits per heavy atom. The van der Waals surface area contributed by atoms with Crippen LogP contribution in [-0.2, 0) is 30.2 Å². The smallest absolute Gasteiger partial charge is 0.243 e. The van der Waals surface area contributed by atoms with Crippen molar-refractivity contribution in [3.8, 4) is 0 Å². The van der Waals surface area contributed by atoms with Gasteiger partial charge in [0.15, 0.2) is 0 Å². The molecular formula is C12H14FN3O3S. The second-order valence-corrected chi connectivity index (χ2v) is 5.94. The van der Waals surface area contributed by atoms with E-state index >= 15 is 0 Å². The number of sulfonamides is 1. The van der Waals surface area contributed by atoms with Gasteiger partial charge in [-0.1, -0.05) is 6.07 Å². The minimum atomic E-state index is -3.97. The molecule has 0 aliphatic rings. The van der Waals surface area contributed by atoms with E-state index in [9.17, 15) is 12.8 Å². The highest BCUT2D eigenvalue weighted by molar-refractivity contribution is 7.89. The number of hydrogen-bond donors (Lipinski definition) is 2. The summed E-state index contributed by atoms with van der Waals surface area (Å²) in [6.07, 6.45) is 3.22. The Balaban J connectivity index is 2.20. The largest absolute Gasteiger partial charge is 0.392 e. The van der Waals surface area contributed by atoms with E-state index in [0.717, 1.165) is 12.1 Å². The molecule has 0 unspecified atom stereocenters. The highest BCUT2D eigenvalue weighted by Gasteiger charge is 2.19. The summed E-state index contributed by atoms with van der Waals surface area (Å²) in [5, 5.41) is 8.87. The maximum absolute atomic E-state index is 13.7. The molecule has 8 heteroatoms. The number of halogens is 1. The molecule has 2 N–H and O–H groups in total. The summed E-state index contributed by atoms with van der Waals surface area (Å²) >= 11 is 0. The number of rotatable bonds is 5. The van der Waals surface area contributed by atoms with E-state index < -0.39 is 20.7 Å². The third-order valence-electron chi connectivity index (χ3n) is 2.81. The van der Waals surface area contributed by atoms with E-state index in [-0.39, 0.29) is 13.2 Å². The molecule has 0 atom stereocenters. The third kappa shape index (κ3) is 3.03. The van der Waals surface area contributed by atoms with Gasteiger partial charge in [-0.3, -0.25) is 0 Å². The van der Waals surface area contributed by atoms with Crippen LogP contribution in [0.25, 0.3) is 0 Å². The quantitative estimate of drug-likeness (QED) is 0.843. The highest BCUT2D eigenvalue weighted by Crippen LogP contribution is 2.16. The fraction of sp³-hybridized carbons (Fsp3) is 0.250. The number of aryl methyl sites for hydroxylation is 1. The SMILES string of the molecule is Cn1ccnc1CNS(=O)(=O)c1ccc(CO)cc1F. The zero-order chi connectivity index (χ0) is 14.8. The maximum atomic E-state index is 13.7. The Morgan fingerprint density at radius 2 is 2.20 bits per heavy atom. The van der Waals surface area contributed by atoms with Crippen molar-refractivity contribution in [3.05, 3.63) is 47.8 Å². The molecule has 0 amide bonds. The number of aliphatic hydroxyl groups is 1. The summed E-state index contributed by atoms with van der Waals surface area (Å²) in [5.74, 6) is -0.384. The molecule has 0 aliphatic carbocycles. The highest BCUT2D eigenvalue weighted by atomic mass is 32.2. The van der Waals surface area contributed by atoms with E-state index in [1.807, 2.05) is 0 Å². The fourth-order valence-electron chi connectivity index (χ4n) is 1.66. The molecule has 0 radical (unpaired) electrons. The van der Waals surface area contributed by atoms with Crippen LogP contribution in [0.2, 0.25) is 0 Å². The second-order valence-electron chi connectivity index (χ2n) is 4.20. The van der Waals surface area contributed by atoms with Crippen LogP contribution >= 0.6 is 0 Å². The van der Waals surface area contributed by atoms with Crippen LogP contribution in [0, 0.1) is 5.82 Å². The Hall–Kier alpha value is -1.77. The maximum Gasteiger partial charge on any atom is 0.243 e. The second kappa shape index (κ2) is 5.70. The van der Waals surface area contributed by atoms with E-state index in [4.69, 9.17) is 5.11 Å². The summed E-state index contributed by atoms with van der Waals surface area (Å²) in [7, 11) is -2.24. The lowest BCUT2D eigenvalue weighted by Crippen LogP contribution is -2.25. The van der Waals surface area contributed by atoms with Gasteiger partial charge in [0, 0.05) is 19.4 Å². The van der Waals surface area contributed by atoms with Gasteiger partial charge in [0.2, 0.25) is 10.0 Å². The number of aromatic nitrogens is 2. The zero-order valence-electron chi connectivity index (χ0n) is 10.7. The van der Waals surface area contributed by atoms with Gasteiger partial charge in [0.25, 0.3) is 0 Å². The summed E-state index contributed by atoms with van der Waals surface area (Å²) in [6, 6.07) is 3.48. The van der Waals surface area contributed by atoms with Crippen molar-refractivity contribution in [2.75, 3.05) is 0 Å². The van der Waals surface area contributed by atoms with Crippen molar-refractivity contribution in [2.45, 2.75) is 18.0 Å². The average Bonchev–Trinajstić information content (AvgIpc) is 2.81. The van der Waals surface area contributed by atoms with Crippen LogP contribution in [0.3, 0.4) is 0 Å². The number of nitrogens with one attached hydrogen (secondary N) is 1. The minimum absolute atomic E-state index is 0.0347. The average molecular weight is 299 g/mol. The van der Waals surface area contributed by atoms with Crippen LogP contribution in [-0.4, -0.2) is 23.1 Å². The molecule has 6 nitrogen and oxygen atoms in total. The lowest BCUT2D eigenvalue weighted by molar-refractivity contribution is 0.281. The molecule has 108 valence electrons. The van der Waals surface area contributed by atoms with Gasteiger partial charge in [0.05, 0.1) is 13.2 Å². The van der Waals surface area contributed by atoms with Crippen LogP contribution in [0.4, 0.5) is 4.39 Å². The van der Waals surface area contributed by atoms with Gasteiger partial charge in [-0.25, -0.2) is 22.5 Å². The van der Waals surface area contributed by atoms with Crippen molar-refractivity contribution in [3.63, 3.8) is 0 Å². The molecule has 0 fully saturated rings. The van der Waals surface area contributed by atoms with Crippen LogP contribution in [0.15, 0.2) is 35.5 Å². The molecule has 0 aliphatic heterocycles. The molecule has 20 heavy (non-hydrogen) atoms. The first kappa shape index (κ1) is 14.6. The van der Waals surface area contributed by atoms with Crippen molar-refractivity contribution < 1.29 is 17.9 Å². The molecule has 1 aromatic carbocycles. The first-order chi connectivity index (χ1) is 9.44. The normalized spacial score (nSPS) is 11.8. The Morgan fingerprint density at radius 1 is 1.45 bits per heavy atom. The number of benzene rings is 1. The molecule has 1 aromatic heterocycles. The molecule has 2 rings (SSSR count). The molecule has 0 spiro atoms. The Labute approximate surface area is 115 Å². The number of imidazole rings is 1. The first-order valence-corrected chi connectivity index (χ1v) is 7.27. The van der Waals surface area contributed by atoms with Crippen LogP contribution in [0.1, 0.15) is 11.4 Å². The molecule has 2 aromatic rings. The molecule has 0 saturated carbocycles. The van der Waals surface area contributed by atoms with Crippen molar-refractivity contribution in [1.29, 1.82) is 0 Å². The summed E-state index contributed by atoms with van der Waals surface area (Å²) in [6.45, 7) is -0.384. The molecular weight excluding hydrogens is 285 g/mol. The summed E-state index contributed by atoms with van der Waals surface area (Å²) < 4.78 is 41.7. The summed E-state index contributed by atoms with van der Waals surface area (Å²) in [5.41, 5.74) is 0.311.